The van der Waals surface area contributed by atoms with Crippen LogP contribution in [0.15, 0.2) is 24.4 Å². The highest BCUT2D eigenvalue weighted by atomic mass is 35.5. The van der Waals surface area contributed by atoms with Gasteiger partial charge in [0, 0.05) is 29.4 Å². The highest BCUT2D eigenvalue weighted by molar-refractivity contribution is 6.31. The zero-order valence-corrected chi connectivity index (χ0v) is 15.8. The van der Waals surface area contributed by atoms with Crippen LogP contribution in [0, 0.1) is 5.92 Å². The normalized spacial score (nSPS) is 21.0. The second-order valence-electron chi connectivity index (χ2n) is 7.30. The van der Waals surface area contributed by atoms with Crippen molar-refractivity contribution in [3.05, 3.63) is 29.4 Å². The van der Waals surface area contributed by atoms with Crippen LogP contribution in [-0.2, 0) is 11.3 Å². The Balaban J connectivity index is 1.57. The molecule has 1 aromatic carbocycles. The van der Waals surface area contributed by atoms with Gasteiger partial charge in [-0.3, -0.25) is 9.48 Å². The molecule has 0 aliphatic heterocycles. The molecule has 5 nitrogen and oxygen atoms in total. The molecule has 1 heterocycles. The van der Waals surface area contributed by atoms with Gasteiger partial charge in [-0.2, -0.15) is 5.10 Å². The summed E-state index contributed by atoms with van der Waals surface area (Å²) in [5, 5.41) is 9.38. The number of nitrogens with one attached hydrogen (secondary N) is 1. The highest BCUT2D eigenvalue weighted by Crippen LogP contribution is 2.25. The van der Waals surface area contributed by atoms with Gasteiger partial charge in [0.15, 0.2) is 0 Å². The molecule has 1 aromatic heterocycles. The number of aryl methyl sites for hydroxylation is 1. The summed E-state index contributed by atoms with van der Waals surface area (Å²) in [5.74, 6) is 0.665. The lowest BCUT2D eigenvalue weighted by Crippen LogP contribution is -2.45. The molecule has 3 rings (SSSR count). The summed E-state index contributed by atoms with van der Waals surface area (Å²) >= 11 is 6.07. The first kappa shape index (κ1) is 18.2. The Bertz CT molecular complexity index is 727. The molecule has 1 amide bonds. The number of amides is 1. The number of hydrogen-bond donors (Lipinski definition) is 1. The van der Waals surface area contributed by atoms with Crippen molar-refractivity contribution in [3.8, 4) is 0 Å². The summed E-state index contributed by atoms with van der Waals surface area (Å²) in [7, 11) is 4.20. The van der Waals surface area contributed by atoms with Crippen LogP contribution in [0.25, 0.3) is 10.9 Å². The zero-order chi connectivity index (χ0) is 17.8. The fourth-order valence-corrected chi connectivity index (χ4v) is 3.96. The molecule has 0 radical (unpaired) electrons. The minimum absolute atomic E-state index is 0.112. The van der Waals surface area contributed by atoms with Gasteiger partial charge in [-0.1, -0.05) is 24.4 Å². The predicted molar refractivity (Wildman–Crippen MR) is 102 cm³/mol. The molecule has 0 unspecified atom stereocenters. The van der Waals surface area contributed by atoms with E-state index < -0.39 is 0 Å². The van der Waals surface area contributed by atoms with Gasteiger partial charge in [0.05, 0.1) is 18.3 Å². The van der Waals surface area contributed by atoms with Crippen molar-refractivity contribution in [3.63, 3.8) is 0 Å². The summed E-state index contributed by atoms with van der Waals surface area (Å²) < 4.78 is 1.86. The van der Waals surface area contributed by atoms with E-state index in [1.54, 1.807) is 0 Å². The fourth-order valence-electron chi connectivity index (χ4n) is 3.79. The van der Waals surface area contributed by atoms with E-state index in [0.29, 0.717) is 29.9 Å². The lowest BCUT2D eigenvalue weighted by atomic mass is 9.84. The molecule has 2 aromatic rings. The Hall–Kier alpha value is -1.59. The number of rotatable bonds is 6. The standard InChI is InChI=1S/C19H27ClN4O/c1-23(2)13-15-5-3-4-6-17(15)22-19(25)9-10-24-18-11-16(20)8-7-14(18)12-21-24/h7-8,11-12,15,17H,3-6,9-10,13H2,1-2H3,(H,22,25)/t15-,17+/m0/s1. The van der Waals surface area contributed by atoms with Gasteiger partial charge < -0.3 is 10.2 Å². The lowest BCUT2D eigenvalue weighted by molar-refractivity contribution is -0.122. The molecule has 0 bridgehead atoms. The van der Waals surface area contributed by atoms with E-state index in [1.165, 1.54) is 19.3 Å². The molecule has 6 heteroatoms. The number of nitrogens with zero attached hydrogens (tertiary/aromatic N) is 3. The Labute approximate surface area is 154 Å². The van der Waals surface area contributed by atoms with Crippen LogP contribution in [0.2, 0.25) is 5.02 Å². The van der Waals surface area contributed by atoms with Gasteiger partial charge in [0.25, 0.3) is 0 Å². The predicted octanol–water partition coefficient (Wildman–Crippen LogP) is 3.32. The van der Waals surface area contributed by atoms with Crippen molar-refractivity contribution in [2.75, 3.05) is 20.6 Å². The van der Waals surface area contributed by atoms with Gasteiger partial charge in [-0.05, 0) is 51.1 Å². The van der Waals surface area contributed by atoms with E-state index in [4.69, 9.17) is 11.6 Å². The number of hydrogen-bond acceptors (Lipinski definition) is 3. The van der Waals surface area contributed by atoms with E-state index in [1.807, 2.05) is 29.1 Å². The Morgan fingerprint density at radius 1 is 1.36 bits per heavy atom. The van der Waals surface area contributed by atoms with Crippen LogP contribution < -0.4 is 5.32 Å². The Kier molecular flexibility index (Phi) is 5.97. The summed E-state index contributed by atoms with van der Waals surface area (Å²) in [6.45, 7) is 1.61. The van der Waals surface area contributed by atoms with Crippen molar-refractivity contribution in [1.82, 2.24) is 20.0 Å². The van der Waals surface area contributed by atoms with Crippen LogP contribution in [0.4, 0.5) is 0 Å². The Morgan fingerprint density at radius 3 is 2.96 bits per heavy atom. The maximum absolute atomic E-state index is 12.4. The molecular weight excluding hydrogens is 336 g/mol. The number of benzene rings is 1. The van der Waals surface area contributed by atoms with Gasteiger partial charge in [0.1, 0.15) is 0 Å². The van der Waals surface area contributed by atoms with Crippen molar-refractivity contribution < 1.29 is 4.79 Å². The number of carbonyl (C=O) groups is 1. The van der Waals surface area contributed by atoms with Gasteiger partial charge >= 0.3 is 0 Å². The minimum Gasteiger partial charge on any atom is -0.353 e. The lowest BCUT2D eigenvalue weighted by Gasteiger charge is -2.34. The largest absolute Gasteiger partial charge is 0.353 e. The molecule has 1 saturated carbocycles. The average molecular weight is 363 g/mol. The fraction of sp³-hybridized carbons (Fsp3) is 0.579. The first-order valence-electron chi connectivity index (χ1n) is 9.08. The maximum atomic E-state index is 12.4. The molecular formula is C19H27ClN4O. The molecule has 0 saturated heterocycles. The van der Waals surface area contributed by atoms with Crippen LogP contribution >= 0.6 is 11.6 Å². The van der Waals surface area contributed by atoms with Gasteiger partial charge in [-0.15, -0.1) is 0 Å². The van der Waals surface area contributed by atoms with E-state index in [2.05, 4.69) is 29.4 Å². The monoisotopic (exact) mass is 362 g/mol. The number of halogens is 1. The summed E-state index contributed by atoms with van der Waals surface area (Å²) in [6, 6.07) is 6.01. The Morgan fingerprint density at radius 2 is 2.16 bits per heavy atom. The first-order chi connectivity index (χ1) is 12.0. The summed E-state index contributed by atoms with van der Waals surface area (Å²) in [4.78, 5) is 14.7. The second-order valence-corrected chi connectivity index (χ2v) is 7.74. The van der Waals surface area contributed by atoms with E-state index in [9.17, 15) is 4.79 Å². The number of carbonyl (C=O) groups excluding carboxylic acids is 1. The van der Waals surface area contributed by atoms with Crippen LogP contribution in [0.1, 0.15) is 32.1 Å². The first-order valence-corrected chi connectivity index (χ1v) is 9.46. The summed E-state index contributed by atoms with van der Waals surface area (Å²) in [5.41, 5.74) is 0.975. The third kappa shape index (κ3) is 4.73. The van der Waals surface area contributed by atoms with E-state index in [0.717, 1.165) is 23.9 Å². The van der Waals surface area contributed by atoms with Crippen molar-refractivity contribution in [2.45, 2.75) is 44.7 Å². The third-order valence-corrected chi connectivity index (χ3v) is 5.25. The topological polar surface area (TPSA) is 50.2 Å². The maximum Gasteiger partial charge on any atom is 0.222 e. The molecule has 1 aliphatic rings. The van der Waals surface area contributed by atoms with Gasteiger partial charge in [-0.25, -0.2) is 0 Å². The average Bonchev–Trinajstić information content (AvgIpc) is 2.96. The smallest absolute Gasteiger partial charge is 0.222 e. The molecule has 0 spiro atoms. The van der Waals surface area contributed by atoms with Crippen molar-refractivity contribution in [2.24, 2.45) is 5.92 Å². The number of fused-ring (bicyclic) bond motifs is 1. The molecule has 25 heavy (non-hydrogen) atoms. The zero-order valence-electron chi connectivity index (χ0n) is 15.0. The van der Waals surface area contributed by atoms with Crippen LogP contribution in [0.5, 0.6) is 0 Å². The second kappa shape index (κ2) is 8.19. The SMILES string of the molecule is CN(C)C[C@@H]1CCCC[C@H]1NC(=O)CCn1ncc2ccc(Cl)cc21. The molecule has 1 aliphatic carbocycles. The van der Waals surface area contributed by atoms with Gasteiger partial charge in [0.2, 0.25) is 5.91 Å². The van der Waals surface area contributed by atoms with Crippen molar-refractivity contribution in [1.29, 1.82) is 0 Å². The van der Waals surface area contributed by atoms with E-state index in [-0.39, 0.29) is 5.91 Å². The highest BCUT2D eigenvalue weighted by Gasteiger charge is 2.26. The molecule has 136 valence electrons. The van der Waals surface area contributed by atoms with E-state index >= 15 is 0 Å². The summed E-state index contributed by atoms with van der Waals surface area (Å²) in [6.07, 6.45) is 7.02. The molecule has 1 fully saturated rings. The van der Waals surface area contributed by atoms with Crippen LogP contribution in [-0.4, -0.2) is 47.3 Å². The molecule has 1 N–H and O–H groups in total. The van der Waals surface area contributed by atoms with Crippen molar-refractivity contribution >= 4 is 28.4 Å². The molecule has 2 atom stereocenters. The van der Waals surface area contributed by atoms with Crippen LogP contribution in [0.3, 0.4) is 0 Å². The third-order valence-electron chi connectivity index (χ3n) is 5.01. The number of aromatic nitrogens is 2. The minimum atomic E-state index is 0.112. The quantitative estimate of drug-likeness (QED) is 0.857.